The number of nitrogens with one attached hydrogen (secondary N) is 1. The molecule has 0 unspecified atom stereocenters. The van der Waals surface area contributed by atoms with E-state index >= 15 is 0 Å². The van der Waals surface area contributed by atoms with E-state index in [0.717, 1.165) is 12.1 Å². The molecular weight excluding hydrogens is 222 g/mol. The molecule has 0 spiro atoms. The highest BCUT2D eigenvalue weighted by Gasteiger charge is 2.31. The molecule has 1 rings (SSSR count). The second-order valence-electron chi connectivity index (χ2n) is 2.97. The van der Waals surface area contributed by atoms with Crippen molar-refractivity contribution in [2.45, 2.75) is 13.1 Å². The predicted molar refractivity (Wildman–Crippen MR) is 53.3 cm³/mol. The summed E-state index contributed by atoms with van der Waals surface area (Å²) in [5.41, 5.74) is -0.993. The van der Waals surface area contributed by atoms with Gasteiger partial charge >= 0.3 is 6.18 Å². The largest absolute Gasteiger partial charge is 0.416 e. The van der Waals surface area contributed by atoms with Gasteiger partial charge in [-0.1, -0.05) is 5.92 Å². The van der Waals surface area contributed by atoms with E-state index in [1.807, 2.05) is 0 Å². The average molecular weight is 231 g/mol. The van der Waals surface area contributed by atoms with Gasteiger partial charge in [0.05, 0.1) is 17.8 Å². The van der Waals surface area contributed by atoms with Crippen LogP contribution in [0.15, 0.2) is 18.2 Å². The van der Waals surface area contributed by atoms with Crippen molar-refractivity contribution >= 4 is 5.69 Å². The first-order valence-electron chi connectivity index (χ1n) is 4.45. The van der Waals surface area contributed by atoms with Gasteiger partial charge in [-0.05, 0) is 25.1 Å². The summed E-state index contributed by atoms with van der Waals surface area (Å²) in [5, 5.41) is 2.58. The second kappa shape index (κ2) is 4.88. The average Bonchev–Trinajstić information content (AvgIpc) is 2.19. The molecule has 0 saturated carbocycles. The zero-order valence-corrected chi connectivity index (χ0v) is 8.45. The highest BCUT2D eigenvalue weighted by Crippen LogP contribution is 2.31. The molecular formula is C11H9F4N. The van der Waals surface area contributed by atoms with Crippen LogP contribution < -0.4 is 5.32 Å². The van der Waals surface area contributed by atoms with Crippen LogP contribution in [0.5, 0.6) is 0 Å². The Hall–Kier alpha value is -1.70. The number of benzene rings is 1. The van der Waals surface area contributed by atoms with Crippen LogP contribution in [0.2, 0.25) is 0 Å². The molecule has 0 bridgehead atoms. The van der Waals surface area contributed by atoms with Gasteiger partial charge in [0.25, 0.3) is 0 Å². The number of hydrogen-bond acceptors (Lipinski definition) is 1. The molecule has 0 aliphatic carbocycles. The van der Waals surface area contributed by atoms with Gasteiger partial charge in [0.2, 0.25) is 0 Å². The third-order valence-electron chi connectivity index (χ3n) is 1.84. The van der Waals surface area contributed by atoms with Crippen LogP contribution in [0.4, 0.5) is 23.2 Å². The van der Waals surface area contributed by atoms with Crippen LogP contribution in [0, 0.1) is 17.7 Å². The zero-order valence-electron chi connectivity index (χ0n) is 8.45. The molecule has 0 aromatic heterocycles. The third kappa shape index (κ3) is 3.16. The van der Waals surface area contributed by atoms with Crippen molar-refractivity contribution in [2.75, 3.05) is 11.9 Å². The number of anilines is 1. The summed E-state index contributed by atoms with van der Waals surface area (Å²) in [6.45, 7) is 1.81. The van der Waals surface area contributed by atoms with Crippen LogP contribution in [-0.4, -0.2) is 6.54 Å². The standard InChI is InChI=1S/C11H9F4N/c1-2-3-6-16-10-5-4-8(7-9(10)12)11(13,14)15/h4-5,7,16H,6H2,1H3. The number of hydrogen-bond donors (Lipinski definition) is 1. The highest BCUT2D eigenvalue weighted by atomic mass is 19.4. The van der Waals surface area contributed by atoms with E-state index in [0.29, 0.717) is 6.07 Å². The summed E-state index contributed by atoms with van der Waals surface area (Å²) in [6.07, 6.45) is -4.53. The number of alkyl halides is 3. The third-order valence-corrected chi connectivity index (χ3v) is 1.84. The van der Waals surface area contributed by atoms with Crippen LogP contribution in [0.1, 0.15) is 12.5 Å². The Morgan fingerprint density at radius 2 is 2.00 bits per heavy atom. The molecule has 5 heteroatoms. The van der Waals surface area contributed by atoms with E-state index in [2.05, 4.69) is 17.2 Å². The maximum atomic E-state index is 13.2. The molecule has 16 heavy (non-hydrogen) atoms. The van der Waals surface area contributed by atoms with E-state index in [-0.39, 0.29) is 12.2 Å². The normalized spacial score (nSPS) is 10.6. The molecule has 0 atom stereocenters. The minimum absolute atomic E-state index is 0.00995. The van der Waals surface area contributed by atoms with Crippen LogP contribution >= 0.6 is 0 Å². The maximum absolute atomic E-state index is 13.2. The molecule has 0 fully saturated rings. The van der Waals surface area contributed by atoms with Gasteiger partial charge in [-0.15, -0.1) is 5.92 Å². The van der Waals surface area contributed by atoms with E-state index in [9.17, 15) is 17.6 Å². The van der Waals surface area contributed by atoms with Gasteiger partial charge in [-0.25, -0.2) is 4.39 Å². The summed E-state index contributed by atoms with van der Waals surface area (Å²) in [6, 6.07) is 2.34. The highest BCUT2D eigenvalue weighted by molar-refractivity contribution is 5.47. The van der Waals surface area contributed by atoms with Crippen molar-refractivity contribution in [3.63, 3.8) is 0 Å². The van der Waals surface area contributed by atoms with Gasteiger partial charge in [-0.2, -0.15) is 13.2 Å². The van der Waals surface area contributed by atoms with Gasteiger partial charge in [0.15, 0.2) is 0 Å². The summed E-state index contributed by atoms with van der Waals surface area (Å²) in [4.78, 5) is 0. The van der Waals surface area contributed by atoms with Crippen molar-refractivity contribution < 1.29 is 17.6 Å². The first-order valence-corrected chi connectivity index (χ1v) is 4.45. The number of rotatable bonds is 2. The van der Waals surface area contributed by atoms with Crippen LogP contribution in [0.25, 0.3) is 0 Å². The van der Waals surface area contributed by atoms with E-state index < -0.39 is 17.6 Å². The van der Waals surface area contributed by atoms with E-state index in [4.69, 9.17) is 0 Å². The zero-order chi connectivity index (χ0) is 12.2. The minimum atomic E-state index is -4.53. The summed E-state index contributed by atoms with van der Waals surface area (Å²) in [5.74, 6) is 4.26. The van der Waals surface area contributed by atoms with Gasteiger partial charge in [0, 0.05) is 0 Å². The summed E-state index contributed by atoms with van der Waals surface area (Å²) < 4.78 is 49.8. The number of halogens is 4. The fourth-order valence-electron chi connectivity index (χ4n) is 1.06. The quantitative estimate of drug-likeness (QED) is 0.608. The predicted octanol–water partition coefficient (Wildman–Crippen LogP) is 3.28. The van der Waals surface area contributed by atoms with Crippen LogP contribution in [0.3, 0.4) is 0 Å². The molecule has 1 aromatic carbocycles. The van der Waals surface area contributed by atoms with Gasteiger partial charge in [-0.3, -0.25) is 0 Å². The fourth-order valence-corrected chi connectivity index (χ4v) is 1.06. The molecule has 0 radical (unpaired) electrons. The Morgan fingerprint density at radius 1 is 1.31 bits per heavy atom. The molecule has 0 saturated heterocycles. The lowest BCUT2D eigenvalue weighted by atomic mass is 10.2. The second-order valence-corrected chi connectivity index (χ2v) is 2.97. The molecule has 0 amide bonds. The monoisotopic (exact) mass is 231 g/mol. The molecule has 1 aromatic rings. The topological polar surface area (TPSA) is 12.0 Å². The van der Waals surface area contributed by atoms with Crippen molar-refractivity contribution in [3.05, 3.63) is 29.6 Å². The Bertz CT molecular complexity index is 426. The molecule has 0 aliphatic heterocycles. The van der Waals surface area contributed by atoms with Crippen molar-refractivity contribution in [3.8, 4) is 11.8 Å². The first-order chi connectivity index (χ1) is 7.45. The Kier molecular flexibility index (Phi) is 3.78. The van der Waals surface area contributed by atoms with Crippen LogP contribution in [-0.2, 0) is 6.18 Å². The molecule has 1 nitrogen and oxygen atoms in total. The van der Waals surface area contributed by atoms with Gasteiger partial charge in [0.1, 0.15) is 5.82 Å². The first kappa shape index (κ1) is 12.4. The fraction of sp³-hybridized carbons (Fsp3) is 0.273. The minimum Gasteiger partial charge on any atom is -0.372 e. The lowest BCUT2D eigenvalue weighted by Crippen LogP contribution is -2.07. The van der Waals surface area contributed by atoms with E-state index in [1.54, 1.807) is 6.92 Å². The Balaban J connectivity index is 2.86. The summed E-state index contributed by atoms with van der Waals surface area (Å²) in [7, 11) is 0. The lowest BCUT2D eigenvalue weighted by molar-refractivity contribution is -0.137. The molecule has 0 aliphatic rings. The smallest absolute Gasteiger partial charge is 0.372 e. The Morgan fingerprint density at radius 3 is 2.50 bits per heavy atom. The van der Waals surface area contributed by atoms with Crippen molar-refractivity contribution in [1.82, 2.24) is 0 Å². The van der Waals surface area contributed by atoms with Crippen molar-refractivity contribution in [2.24, 2.45) is 0 Å². The lowest BCUT2D eigenvalue weighted by Gasteiger charge is -2.09. The van der Waals surface area contributed by atoms with E-state index in [1.165, 1.54) is 0 Å². The Labute approximate surface area is 90.5 Å². The maximum Gasteiger partial charge on any atom is 0.416 e. The van der Waals surface area contributed by atoms with Crippen molar-refractivity contribution in [1.29, 1.82) is 0 Å². The molecule has 0 heterocycles. The molecule has 86 valence electrons. The molecule has 1 N–H and O–H groups in total. The summed E-state index contributed by atoms with van der Waals surface area (Å²) >= 11 is 0. The SMILES string of the molecule is CC#CCNc1ccc(C(F)(F)F)cc1F. The van der Waals surface area contributed by atoms with Gasteiger partial charge < -0.3 is 5.32 Å².